The highest BCUT2D eigenvalue weighted by Crippen LogP contribution is 2.46. The molecule has 4 N–H and O–H groups in total. The molecule has 4 amide bonds. The molecule has 0 aromatic heterocycles. The molecule has 12 nitrogen and oxygen atoms in total. The number of nitrogens with one attached hydrogen (secondary N) is 3. The smallest absolute Gasteiger partial charge is 0.408 e. The largest absolute Gasteiger partial charge is 0.444 e. The lowest BCUT2D eigenvalue weighted by Crippen LogP contribution is -2.60. The molecule has 45 heavy (non-hydrogen) atoms. The first-order chi connectivity index (χ1) is 20.6. The number of likely N-dealkylation sites (tertiary alicyclic amines) is 1. The van der Waals surface area contributed by atoms with E-state index in [1.165, 1.54) is 18.2 Å². The van der Waals surface area contributed by atoms with Crippen LogP contribution in [0.1, 0.15) is 72.8 Å². The fraction of sp³-hybridized carbons (Fsp3) is 0.613. The van der Waals surface area contributed by atoms with Crippen LogP contribution in [0, 0.1) is 17.2 Å². The Morgan fingerprint density at radius 2 is 1.69 bits per heavy atom. The van der Waals surface area contributed by atoms with Crippen molar-refractivity contribution in [3.63, 3.8) is 0 Å². The number of ether oxygens (including phenoxy) is 1. The van der Waals surface area contributed by atoms with Gasteiger partial charge in [-0.25, -0.2) is 17.6 Å². The Bertz CT molecular complexity index is 1480. The number of rotatable bonds is 9. The number of aliphatic hydroxyl groups is 1. The number of hydrogen-bond donors (Lipinski definition) is 4. The molecule has 1 heterocycles. The molecule has 0 unspecified atom stereocenters. The Morgan fingerprint density at radius 3 is 2.18 bits per heavy atom. The van der Waals surface area contributed by atoms with Crippen LogP contribution in [0.25, 0.3) is 0 Å². The second-order valence-electron chi connectivity index (χ2n) is 14.4. The molecule has 5 atom stereocenters. The topological polar surface area (TPSA) is 171 Å². The molecule has 0 radical (unpaired) electrons. The summed E-state index contributed by atoms with van der Waals surface area (Å²) < 4.78 is 46.3. The zero-order chi connectivity index (χ0) is 33.8. The fourth-order valence-electron chi connectivity index (χ4n) is 5.58. The van der Waals surface area contributed by atoms with Crippen molar-refractivity contribution >= 4 is 33.8 Å². The van der Waals surface area contributed by atoms with Gasteiger partial charge in [0.1, 0.15) is 34.6 Å². The van der Waals surface area contributed by atoms with E-state index in [2.05, 4.69) is 21.9 Å². The lowest BCUT2D eigenvalue weighted by molar-refractivity contribution is -0.143. The average Bonchev–Trinajstić information content (AvgIpc) is 3.83. The van der Waals surface area contributed by atoms with Gasteiger partial charge in [0.2, 0.25) is 21.8 Å². The lowest BCUT2D eigenvalue weighted by Gasteiger charge is -2.36. The van der Waals surface area contributed by atoms with Crippen LogP contribution in [0.15, 0.2) is 36.9 Å². The van der Waals surface area contributed by atoms with Crippen LogP contribution in [0.5, 0.6) is 0 Å². The van der Waals surface area contributed by atoms with Gasteiger partial charge in [-0.2, -0.15) is 0 Å². The number of carbonyl (C=O) groups excluding carboxylic acids is 4. The Hall–Kier alpha value is -3.52. The summed E-state index contributed by atoms with van der Waals surface area (Å²) in [6.45, 7) is 13.4. The molecule has 3 aliphatic rings. The minimum absolute atomic E-state index is 0.0853. The molecule has 1 aliphatic heterocycles. The van der Waals surface area contributed by atoms with Crippen molar-refractivity contribution in [1.29, 1.82) is 0 Å². The highest BCUT2D eigenvalue weighted by molar-refractivity contribution is 7.91. The van der Waals surface area contributed by atoms with E-state index >= 15 is 0 Å². The highest BCUT2D eigenvalue weighted by Gasteiger charge is 2.62. The Morgan fingerprint density at radius 1 is 1.09 bits per heavy atom. The van der Waals surface area contributed by atoms with Gasteiger partial charge in [-0.15, -0.1) is 6.58 Å². The van der Waals surface area contributed by atoms with E-state index in [1.807, 2.05) is 0 Å². The van der Waals surface area contributed by atoms with Gasteiger partial charge in [0.05, 0.1) is 11.8 Å². The maximum absolute atomic E-state index is 14.2. The van der Waals surface area contributed by atoms with Gasteiger partial charge < -0.3 is 25.4 Å². The zero-order valence-corrected chi connectivity index (χ0v) is 27.3. The molecule has 2 aliphatic carbocycles. The van der Waals surface area contributed by atoms with E-state index in [0.717, 1.165) is 17.0 Å². The minimum Gasteiger partial charge on any atom is -0.444 e. The molecule has 1 saturated heterocycles. The molecule has 0 bridgehead atoms. The van der Waals surface area contributed by atoms with Gasteiger partial charge in [-0.05, 0) is 63.1 Å². The van der Waals surface area contributed by atoms with Gasteiger partial charge in [0.25, 0.3) is 5.91 Å². The fourth-order valence-corrected chi connectivity index (χ4v) is 6.94. The summed E-state index contributed by atoms with van der Waals surface area (Å²) in [6, 6.07) is 2.44. The van der Waals surface area contributed by atoms with Gasteiger partial charge >= 0.3 is 6.09 Å². The number of nitrogens with zero attached hydrogens (tertiary/aromatic N) is 1. The summed E-state index contributed by atoms with van der Waals surface area (Å²) in [6.07, 6.45) is 1.21. The van der Waals surface area contributed by atoms with Crippen LogP contribution in [0.2, 0.25) is 0 Å². The van der Waals surface area contributed by atoms with E-state index in [9.17, 15) is 37.1 Å². The summed E-state index contributed by atoms with van der Waals surface area (Å²) in [5.74, 6) is -3.53. The van der Waals surface area contributed by atoms with Crippen molar-refractivity contribution in [2.45, 2.75) is 101 Å². The maximum atomic E-state index is 14.2. The van der Waals surface area contributed by atoms with E-state index in [0.29, 0.717) is 12.8 Å². The summed E-state index contributed by atoms with van der Waals surface area (Å²) in [7, 11) is -3.92. The normalized spacial score (nSPS) is 27.2. The predicted octanol–water partition coefficient (Wildman–Crippen LogP) is 2.22. The summed E-state index contributed by atoms with van der Waals surface area (Å²) in [4.78, 5) is 55.4. The molecule has 0 spiro atoms. The zero-order valence-electron chi connectivity index (χ0n) is 26.5. The summed E-state index contributed by atoms with van der Waals surface area (Å²) >= 11 is 0. The van der Waals surface area contributed by atoms with Crippen molar-refractivity contribution in [2.75, 3.05) is 6.54 Å². The van der Waals surface area contributed by atoms with Crippen molar-refractivity contribution in [2.24, 2.45) is 11.3 Å². The predicted molar refractivity (Wildman–Crippen MR) is 162 cm³/mol. The number of amides is 4. The number of sulfonamides is 1. The van der Waals surface area contributed by atoms with Crippen LogP contribution in [0.4, 0.5) is 9.18 Å². The molecule has 1 aromatic carbocycles. The molecule has 248 valence electrons. The molecule has 2 saturated carbocycles. The summed E-state index contributed by atoms with van der Waals surface area (Å²) in [5, 5.41) is 16.4. The third kappa shape index (κ3) is 7.49. The first kappa shape index (κ1) is 34.4. The molecule has 3 fully saturated rings. The average molecular weight is 651 g/mol. The van der Waals surface area contributed by atoms with Gasteiger partial charge in [-0.1, -0.05) is 39.0 Å². The highest BCUT2D eigenvalue weighted by atomic mass is 32.2. The Balaban J connectivity index is 1.66. The van der Waals surface area contributed by atoms with Crippen LogP contribution >= 0.6 is 0 Å². The molecular weight excluding hydrogens is 607 g/mol. The molecular formula is C31H43FN4O8S. The lowest BCUT2D eigenvalue weighted by atomic mass is 9.85. The molecule has 14 heteroatoms. The Labute approximate surface area is 263 Å². The van der Waals surface area contributed by atoms with Crippen molar-refractivity contribution in [3.8, 4) is 0 Å². The SMILES string of the molecule is C=C[C@@H]1C[C@]1(NC(=O)[C@@H]1C[C@@](O)(c2ccc(F)cc2)CN1C(=O)[C@@H](NC(=O)OC(C)(C)C)C(C)(C)C)C(=O)NS(=O)(=O)C1CC1. The first-order valence-corrected chi connectivity index (χ1v) is 16.5. The number of β-amino-alcohol motifs (C(OH)–C–C–N with tert-alkyl or cyclic N) is 1. The summed E-state index contributed by atoms with van der Waals surface area (Å²) in [5.41, 5.74) is -4.91. The minimum atomic E-state index is -3.92. The van der Waals surface area contributed by atoms with Crippen LogP contribution in [0.3, 0.4) is 0 Å². The monoisotopic (exact) mass is 650 g/mol. The third-order valence-corrected chi connectivity index (χ3v) is 10.1. The number of hydrogen-bond acceptors (Lipinski definition) is 8. The van der Waals surface area contributed by atoms with Crippen LogP contribution in [-0.4, -0.2) is 77.3 Å². The Kier molecular flexibility index (Phi) is 8.92. The second-order valence-corrected chi connectivity index (χ2v) is 16.3. The van der Waals surface area contributed by atoms with E-state index in [1.54, 1.807) is 41.5 Å². The van der Waals surface area contributed by atoms with Crippen molar-refractivity contribution in [1.82, 2.24) is 20.3 Å². The second kappa shape index (κ2) is 11.7. The maximum Gasteiger partial charge on any atom is 0.408 e. The number of alkyl carbamates (subject to hydrolysis) is 1. The van der Waals surface area contributed by atoms with Gasteiger partial charge in [-0.3, -0.25) is 19.1 Å². The van der Waals surface area contributed by atoms with Gasteiger partial charge in [0, 0.05) is 12.3 Å². The third-order valence-electron chi connectivity index (χ3n) is 8.33. The van der Waals surface area contributed by atoms with E-state index in [-0.39, 0.29) is 18.4 Å². The van der Waals surface area contributed by atoms with E-state index < -0.39 is 91.6 Å². The quantitative estimate of drug-likeness (QED) is 0.295. The van der Waals surface area contributed by atoms with Gasteiger partial charge in [0.15, 0.2) is 0 Å². The van der Waals surface area contributed by atoms with Crippen molar-refractivity contribution in [3.05, 3.63) is 48.3 Å². The van der Waals surface area contributed by atoms with Crippen molar-refractivity contribution < 1.29 is 41.8 Å². The number of halogens is 1. The van der Waals surface area contributed by atoms with Crippen LogP contribution in [-0.2, 0) is 34.7 Å². The standard InChI is InChI=1S/C31H43FN4O8S/c1-8-18-15-31(18,26(39)35-45(42,43)21-13-14-21)34-24(37)22-16-30(41,19-9-11-20(32)12-10-19)17-36(22)25(38)23(28(2,3)4)33-27(40)44-29(5,6)7/h8-12,18,21-23,41H,1,13-17H2,2-7H3,(H,33,40)(H,34,37)(H,35,39)/t18-,22+,23-,30+,31-/m1/s1. The van der Waals surface area contributed by atoms with Crippen LogP contribution < -0.4 is 15.4 Å². The molecule has 4 rings (SSSR count). The number of carbonyl (C=O) groups is 4. The number of benzene rings is 1. The van der Waals surface area contributed by atoms with E-state index in [4.69, 9.17) is 4.74 Å². The molecule has 1 aromatic rings. The first-order valence-electron chi connectivity index (χ1n) is 14.9.